The lowest BCUT2D eigenvalue weighted by molar-refractivity contribution is -0.123. The molecule has 0 radical (unpaired) electrons. The molecule has 5 rings (SSSR count). The number of anilines is 1. The standard InChI is InChI=1S/C21H22N4O4S.CH2O2/c1-24-10-4-5-15(24)11-14-12-25(17-7-3-9-22-20(14)17)30(27,28)18-8-2-6-16-21(18)29-13-19(26)23-16;2-1-3/h2-3,6-9,12,15H,4-5,10-11,13H2,1H3,(H,23,26);1H,(H,2,3)/t15-;/m0./s1. The number of benzene rings is 1. The Morgan fingerprint density at radius 1 is 1.30 bits per heavy atom. The van der Waals surface area contributed by atoms with E-state index in [1.165, 1.54) is 10.0 Å². The van der Waals surface area contributed by atoms with Crippen LogP contribution in [0.4, 0.5) is 5.69 Å². The summed E-state index contributed by atoms with van der Waals surface area (Å²) in [6.07, 6.45) is 6.34. The van der Waals surface area contributed by atoms with Crippen molar-refractivity contribution >= 4 is 39.1 Å². The van der Waals surface area contributed by atoms with Crippen LogP contribution in [0.15, 0.2) is 47.6 Å². The van der Waals surface area contributed by atoms with Crippen LogP contribution in [0.3, 0.4) is 0 Å². The zero-order chi connectivity index (χ0) is 23.6. The fourth-order valence-electron chi connectivity index (χ4n) is 4.33. The Bertz CT molecular complexity index is 1300. The predicted molar refractivity (Wildman–Crippen MR) is 121 cm³/mol. The minimum absolute atomic E-state index is 0.0188. The summed E-state index contributed by atoms with van der Waals surface area (Å²) in [5.41, 5.74) is 2.49. The maximum atomic E-state index is 13.6. The molecule has 0 bridgehead atoms. The zero-order valence-corrected chi connectivity index (χ0v) is 18.8. The highest BCUT2D eigenvalue weighted by atomic mass is 32.2. The molecule has 1 aromatic carbocycles. The molecule has 0 unspecified atom stereocenters. The second-order valence-corrected chi connectivity index (χ2v) is 9.67. The second kappa shape index (κ2) is 9.20. The topological polar surface area (TPSA) is 131 Å². The third kappa shape index (κ3) is 4.29. The molecular formula is C22H24N4O6S. The van der Waals surface area contributed by atoms with Gasteiger partial charge in [-0.1, -0.05) is 6.07 Å². The van der Waals surface area contributed by atoms with Gasteiger partial charge in [-0.05, 0) is 62.7 Å². The number of hydrogen-bond donors (Lipinski definition) is 2. The van der Waals surface area contributed by atoms with Gasteiger partial charge in [0.15, 0.2) is 12.4 Å². The first-order valence-electron chi connectivity index (χ1n) is 10.4. The number of nitrogens with one attached hydrogen (secondary N) is 1. The monoisotopic (exact) mass is 472 g/mol. The van der Waals surface area contributed by atoms with Gasteiger partial charge < -0.3 is 20.1 Å². The lowest BCUT2D eigenvalue weighted by Crippen LogP contribution is -2.27. The van der Waals surface area contributed by atoms with Gasteiger partial charge in [-0.2, -0.15) is 0 Å². The first-order chi connectivity index (χ1) is 15.9. The molecule has 2 N–H and O–H groups in total. The summed E-state index contributed by atoms with van der Waals surface area (Å²) < 4.78 is 34.1. The Balaban J connectivity index is 0.000000821. The smallest absolute Gasteiger partial charge is 0.290 e. The summed E-state index contributed by atoms with van der Waals surface area (Å²) in [6, 6.07) is 8.59. The summed E-state index contributed by atoms with van der Waals surface area (Å²) in [6.45, 7) is 0.584. The highest BCUT2D eigenvalue weighted by molar-refractivity contribution is 7.90. The van der Waals surface area contributed by atoms with Gasteiger partial charge in [-0.3, -0.25) is 14.6 Å². The third-order valence-electron chi connectivity index (χ3n) is 5.87. The quantitative estimate of drug-likeness (QED) is 0.551. The van der Waals surface area contributed by atoms with Crippen molar-refractivity contribution in [3.63, 3.8) is 0 Å². The average Bonchev–Trinajstić information content (AvgIpc) is 3.38. The van der Waals surface area contributed by atoms with Crippen molar-refractivity contribution in [1.29, 1.82) is 0 Å². The normalized spacial score (nSPS) is 18.1. The van der Waals surface area contributed by atoms with Gasteiger partial charge in [0.05, 0.1) is 16.7 Å². The van der Waals surface area contributed by atoms with Crippen molar-refractivity contribution < 1.29 is 27.9 Å². The Hall–Kier alpha value is -3.44. The molecule has 1 amide bonds. The van der Waals surface area contributed by atoms with E-state index in [9.17, 15) is 13.2 Å². The molecule has 1 atom stereocenters. The highest BCUT2D eigenvalue weighted by Gasteiger charge is 2.30. The molecule has 3 aromatic rings. The van der Waals surface area contributed by atoms with Gasteiger partial charge in [0.1, 0.15) is 4.90 Å². The molecule has 33 heavy (non-hydrogen) atoms. The van der Waals surface area contributed by atoms with E-state index < -0.39 is 10.0 Å². The molecule has 10 nitrogen and oxygen atoms in total. The van der Waals surface area contributed by atoms with E-state index in [2.05, 4.69) is 22.2 Å². The van der Waals surface area contributed by atoms with Gasteiger partial charge in [0.2, 0.25) is 0 Å². The predicted octanol–water partition coefficient (Wildman–Crippen LogP) is 1.94. The minimum Gasteiger partial charge on any atom is -0.483 e. The van der Waals surface area contributed by atoms with Crippen molar-refractivity contribution in [3.8, 4) is 5.75 Å². The molecule has 2 aliphatic rings. The van der Waals surface area contributed by atoms with Crippen LogP contribution in [0.1, 0.15) is 18.4 Å². The van der Waals surface area contributed by atoms with Crippen LogP contribution in [0, 0.1) is 0 Å². The molecule has 2 aromatic heterocycles. The molecule has 2 aliphatic heterocycles. The Morgan fingerprint density at radius 2 is 2.09 bits per heavy atom. The maximum Gasteiger partial charge on any atom is 0.290 e. The number of carboxylic acid groups (broad SMARTS) is 1. The van der Waals surface area contributed by atoms with E-state index in [-0.39, 0.29) is 29.6 Å². The van der Waals surface area contributed by atoms with Crippen molar-refractivity contribution in [2.24, 2.45) is 0 Å². The lowest BCUT2D eigenvalue weighted by atomic mass is 10.1. The van der Waals surface area contributed by atoms with Crippen LogP contribution in [0.25, 0.3) is 11.0 Å². The van der Waals surface area contributed by atoms with E-state index in [4.69, 9.17) is 14.6 Å². The number of para-hydroxylation sites is 1. The van der Waals surface area contributed by atoms with Gasteiger partial charge in [-0.15, -0.1) is 0 Å². The van der Waals surface area contributed by atoms with E-state index in [0.29, 0.717) is 22.8 Å². The molecule has 1 saturated heterocycles. The molecule has 11 heteroatoms. The number of hydrogen-bond acceptors (Lipinski definition) is 7. The van der Waals surface area contributed by atoms with Crippen LogP contribution in [-0.4, -0.2) is 66.0 Å². The maximum absolute atomic E-state index is 13.6. The number of carbonyl (C=O) groups is 2. The molecule has 0 spiro atoms. The van der Waals surface area contributed by atoms with E-state index >= 15 is 0 Å². The van der Waals surface area contributed by atoms with Gasteiger partial charge in [-0.25, -0.2) is 12.4 Å². The number of fused-ring (bicyclic) bond motifs is 2. The van der Waals surface area contributed by atoms with Crippen molar-refractivity contribution in [3.05, 3.63) is 48.3 Å². The van der Waals surface area contributed by atoms with Crippen LogP contribution in [0.5, 0.6) is 5.75 Å². The van der Waals surface area contributed by atoms with E-state index in [1.54, 1.807) is 36.7 Å². The molecule has 1 fully saturated rings. The van der Waals surface area contributed by atoms with Crippen molar-refractivity contribution in [2.75, 3.05) is 25.5 Å². The van der Waals surface area contributed by atoms with Crippen LogP contribution in [-0.2, 0) is 26.0 Å². The van der Waals surface area contributed by atoms with E-state index in [1.807, 2.05) is 0 Å². The first kappa shape index (κ1) is 22.7. The molecule has 0 saturated carbocycles. The lowest BCUT2D eigenvalue weighted by Gasteiger charge is -2.21. The number of likely N-dealkylation sites (N-methyl/N-ethyl adjacent to an activating group) is 1. The van der Waals surface area contributed by atoms with Crippen molar-refractivity contribution in [1.82, 2.24) is 13.9 Å². The fraction of sp³-hybridized carbons (Fsp3) is 0.318. The number of likely N-dealkylation sites (tertiary alicyclic amines) is 1. The number of rotatable bonds is 4. The SMILES string of the molecule is CN1CCC[C@H]1Cc1cn(S(=O)(=O)c2cccc3c2OCC(=O)N3)c2cccnc12.O=CO. The largest absolute Gasteiger partial charge is 0.483 e. The van der Waals surface area contributed by atoms with Gasteiger partial charge in [0.25, 0.3) is 22.4 Å². The zero-order valence-electron chi connectivity index (χ0n) is 18.0. The van der Waals surface area contributed by atoms with Gasteiger partial charge in [0, 0.05) is 18.4 Å². The Labute approximate surface area is 190 Å². The summed E-state index contributed by atoms with van der Waals surface area (Å²) >= 11 is 0. The second-order valence-electron chi connectivity index (χ2n) is 7.88. The molecule has 0 aliphatic carbocycles. The van der Waals surface area contributed by atoms with E-state index in [0.717, 1.165) is 31.4 Å². The number of ether oxygens (including phenoxy) is 1. The third-order valence-corrected chi connectivity index (χ3v) is 7.56. The first-order valence-corrected chi connectivity index (χ1v) is 11.8. The Kier molecular flexibility index (Phi) is 6.34. The van der Waals surface area contributed by atoms with Crippen LogP contribution >= 0.6 is 0 Å². The minimum atomic E-state index is -3.96. The number of amides is 1. The highest BCUT2D eigenvalue weighted by Crippen LogP contribution is 2.37. The summed E-state index contributed by atoms with van der Waals surface area (Å²) in [4.78, 5) is 26.8. The summed E-state index contributed by atoms with van der Waals surface area (Å²) in [5, 5.41) is 9.55. The number of carbonyl (C=O) groups excluding carboxylic acids is 1. The van der Waals surface area contributed by atoms with Gasteiger partial charge >= 0.3 is 0 Å². The summed E-state index contributed by atoms with van der Waals surface area (Å²) in [5.74, 6) is -0.143. The Morgan fingerprint density at radius 3 is 2.82 bits per heavy atom. The number of nitrogens with zero attached hydrogens (tertiary/aromatic N) is 3. The van der Waals surface area contributed by atoms with Crippen LogP contribution in [0.2, 0.25) is 0 Å². The summed E-state index contributed by atoms with van der Waals surface area (Å²) in [7, 11) is -1.86. The molecule has 4 heterocycles. The van der Waals surface area contributed by atoms with Crippen molar-refractivity contribution in [2.45, 2.75) is 30.2 Å². The molecule has 174 valence electrons. The van der Waals surface area contributed by atoms with Crippen LogP contribution < -0.4 is 10.1 Å². The number of pyridine rings is 1. The fourth-order valence-corrected chi connectivity index (χ4v) is 5.87. The number of aromatic nitrogens is 2. The average molecular weight is 473 g/mol. The molecular weight excluding hydrogens is 448 g/mol.